The van der Waals surface area contributed by atoms with Crippen LogP contribution >= 0.6 is 23.2 Å². The van der Waals surface area contributed by atoms with Gasteiger partial charge in [0.2, 0.25) is 0 Å². The maximum Gasteiger partial charge on any atom is 0.387 e. The number of carbonyl (C=O) groups is 1. The van der Waals surface area contributed by atoms with Crippen LogP contribution in [0.2, 0.25) is 10.0 Å². The van der Waals surface area contributed by atoms with Crippen molar-refractivity contribution in [3.63, 3.8) is 0 Å². The Balaban J connectivity index is 2.26. The minimum atomic E-state index is -3.04. The summed E-state index contributed by atoms with van der Waals surface area (Å²) in [5.74, 6) is -1.07. The number of nitrogens with zero attached hydrogens (tertiary/aromatic N) is 1. The molecule has 1 amide bonds. The van der Waals surface area contributed by atoms with Gasteiger partial charge in [-0.05, 0) is 30.3 Å². The highest BCUT2D eigenvalue weighted by atomic mass is 35.5. The van der Waals surface area contributed by atoms with E-state index in [2.05, 4.69) is 10.1 Å². The molecular formula is C14H8Cl2F2N2O4. The minimum absolute atomic E-state index is 0.140. The molecule has 0 unspecified atom stereocenters. The van der Waals surface area contributed by atoms with E-state index in [9.17, 15) is 23.7 Å². The average molecular weight is 377 g/mol. The van der Waals surface area contributed by atoms with Crippen LogP contribution in [0.4, 0.5) is 20.2 Å². The topological polar surface area (TPSA) is 81.5 Å². The molecular weight excluding hydrogens is 369 g/mol. The van der Waals surface area contributed by atoms with Crippen molar-refractivity contribution < 1.29 is 23.2 Å². The van der Waals surface area contributed by atoms with Gasteiger partial charge in [-0.15, -0.1) is 0 Å². The zero-order chi connectivity index (χ0) is 17.9. The first kappa shape index (κ1) is 17.9. The minimum Gasteiger partial charge on any atom is -0.433 e. The summed E-state index contributed by atoms with van der Waals surface area (Å²) >= 11 is 11.5. The average Bonchev–Trinajstić information content (AvgIpc) is 2.49. The summed E-state index contributed by atoms with van der Waals surface area (Å²) in [5, 5.41) is 13.3. The van der Waals surface area contributed by atoms with Crippen LogP contribution in [0.1, 0.15) is 10.4 Å². The first-order chi connectivity index (χ1) is 11.3. The van der Waals surface area contributed by atoms with Gasteiger partial charge < -0.3 is 10.1 Å². The molecule has 1 N–H and O–H groups in total. The monoisotopic (exact) mass is 376 g/mol. The summed E-state index contributed by atoms with van der Waals surface area (Å²) in [6.07, 6.45) is 0. The SMILES string of the molecule is O=C(Nc1ccc(OC(F)F)c(Cl)c1)c1cc(Cl)ccc1[N+](=O)[O-]. The second-order valence-electron chi connectivity index (χ2n) is 4.40. The summed E-state index contributed by atoms with van der Waals surface area (Å²) in [4.78, 5) is 22.4. The molecule has 0 fully saturated rings. The van der Waals surface area contributed by atoms with E-state index in [1.165, 1.54) is 18.2 Å². The second-order valence-corrected chi connectivity index (χ2v) is 5.24. The Labute approximate surface area is 144 Å². The normalized spacial score (nSPS) is 10.5. The summed E-state index contributed by atoms with van der Waals surface area (Å²) in [6.45, 7) is -3.04. The highest BCUT2D eigenvalue weighted by Gasteiger charge is 2.21. The van der Waals surface area contributed by atoms with E-state index in [4.69, 9.17) is 23.2 Å². The molecule has 2 aromatic carbocycles. The maximum absolute atomic E-state index is 12.2. The van der Waals surface area contributed by atoms with Crippen LogP contribution < -0.4 is 10.1 Å². The second kappa shape index (κ2) is 7.41. The van der Waals surface area contributed by atoms with Crippen molar-refractivity contribution in [2.75, 3.05) is 5.32 Å². The van der Waals surface area contributed by atoms with Gasteiger partial charge in [0.25, 0.3) is 11.6 Å². The molecule has 24 heavy (non-hydrogen) atoms. The Morgan fingerprint density at radius 3 is 2.50 bits per heavy atom. The number of hydrogen-bond donors (Lipinski definition) is 1. The van der Waals surface area contributed by atoms with E-state index in [0.717, 1.165) is 18.2 Å². The van der Waals surface area contributed by atoms with E-state index in [-0.39, 0.29) is 27.0 Å². The predicted octanol–water partition coefficient (Wildman–Crippen LogP) is 4.76. The summed E-state index contributed by atoms with van der Waals surface area (Å²) in [6, 6.07) is 7.10. The van der Waals surface area contributed by atoms with Crippen LogP contribution in [0.25, 0.3) is 0 Å². The predicted molar refractivity (Wildman–Crippen MR) is 84.1 cm³/mol. The van der Waals surface area contributed by atoms with Crippen molar-refractivity contribution >= 4 is 40.5 Å². The molecule has 0 aliphatic heterocycles. The maximum atomic E-state index is 12.2. The van der Waals surface area contributed by atoms with Gasteiger partial charge in [0.1, 0.15) is 11.3 Å². The lowest BCUT2D eigenvalue weighted by molar-refractivity contribution is -0.385. The van der Waals surface area contributed by atoms with Crippen molar-refractivity contribution in [2.24, 2.45) is 0 Å². The molecule has 2 aromatic rings. The van der Waals surface area contributed by atoms with E-state index < -0.39 is 23.1 Å². The van der Waals surface area contributed by atoms with Crippen molar-refractivity contribution in [3.8, 4) is 5.75 Å². The molecule has 126 valence electrons. The fourth-order valence-corrected chi connectivity index (χ4v) is 2.22. The van der Waals surface area contributed by atoms with Crippen molar-refractivity contribution in [2.45, 2.75) is 6.61 Å². The van der Waals surface area contributed by atoms with Crippen LogP contribution in [0.5, 0.6) is 5.75 Å². The van der Waals surface area contributed by atoms with Crippen LogP contribution in [0, 0.1) is 10.1 Å². The molecule has 10 heteroatoms. The number of nitro benzene ring substituents is 1. The number of hydrogen-bond acceptors (Lipinski definition) is 4. The smallest absolute Gasteiger partial charge is 0.387 e. The standard InChI is InChI=1S/C14H8Cl2F2N2O4/c15-7-1-3-11(20(22)23)9(5-7)13(21)19-8-2-4-12(10(16)6-8)24-14(17)18/h1-6,14H,(H,19,21). The van der Waals surface area contributed by atoms with E-state index >= 15 is 0 Å². The Kier molecular flexibility index (Phi) is 5.53. The number of benzene rings is 2. The Morgan fingerprint density at radius 2 is 1.92 bits per heavy atom. The number of rotatable bonds is 5. The van der Waals surface area contributed by atoms with Gasteiger partial charge in [-0.3, -0.25) is 14.9 Å². The fraction of sp³-hybridized carbons (Fsp3) is 0.0714. The van der Waals surface area contributed by atoms with Gasteiger partial charge in [0, 0.05) is 16.8 Å². The van der Waals surface area contributed by atoms with Crippen LogP contribution in [-0.2, 0) is 0 Å². The van der Waals surface area contributed by atoms with Gasteiger partial charge in [0.15, 0.2) is 0 Å². The molecule has 0 saturated carbocycles. The van der Waals surface area contributed by atoms with E-state index in [1.807, 2.05) is 0 Å². The van der Waals surface area contributed by atoms with Crippen molar-refractivity contribution in [3.05, 3.63) is 62.1 Å². The Bertz CT molecular complexity index is 802. The number of halogens is 4. The fourth-order valence-electron chi connectivity index (χ4n) is 1.82. The quantitative estimate of drug-likeness (QED) is 0.602. The number of nitrogens with one attached hydrogen (secondary N) is 1. The van der Waals surface area contributed by atoms with E-state index in [0.29, 0.717) is 0 Å². The lowest BCUT2D eigenvalue weighted by Crippen LogP contribution is -2.14. The van der Waals surface area contributed by atoms with Crippen molar-refractivity contribution in [1.82, 2.24) is 0 Å². The number of carbonyl (C=O) groups excluding carboxylic acids is 1. The van der Waals surface area contributed by atoms with Gasteiger partial charge in [-0.25, -0.2) is 0 Å². The summed E-state index contributed by atoms with van der Waals surface area (Å²) < 4.78 is 28.5. The third kappa shape index (κ3) is 4.30. The summed E-state index contributed by atoms with van der Waals surface area (Å²) in [7, 11) is 0. The number of alkyl halides is 2. The first-order valence-corrected chi connectivity index (χ1v) is 7.03. The van der Waals surface area contributed by atoms with Crippen LogP contribution in [0.15, 0.2) is 36.4 Å². The van der Waals surface area contributed by atoms with Crippen LogP contribution in [0.3, 0.4) is 0 Å². The lowest BCUT2D eigenvalue weighted by Gasteiger charge is -2.10. The number of amides is 1. The van der Waals surface area contributed by atoms with Crippen LogP contribution in [-0.4, -0.2) is 17.4 Å². The largest absolute Gasteiger partial charge is 0.433 e. The third-order valence-electron chi connectivity index (χ3n) is 2.81. The Morgan fingerprint density at radius 1 is 1.21 bits per heavy atom. The molecule has 0 radical (unpaired) electrons. The highest BCUT2D eigenvalue weighted by molar-refractivity contribution is 6.32. The zero-order valence-electron chi connectivity index (χ0n) is 11.6. The third-order valence-corrected chi connectivity index (χ3v) is 3.34. The number of nitro groups is 1. The first-order valence-electron chi connectivity index (χ1n) is 6.27. The molecule has 0 spiro atoms. The molecule has 6 nitrogen and oxygen atoms in total. The molecule has 0 bridgehead atoms. The van der Waals surface area contributed by atoms with Gasteiger partial charge in [0.05, 0.1) is 9.95 Å². The molecule has 2 rings (SSSR count). The number of anilines is 1. The van der Waals surface area contributed by atoms with Gasteiger partial charge in [-0.2, -0.15) is 8.78 Å². The molecule has 0 aliphatic rings. The zero-order valence-corrected chi connectivity index (χ0v) is 13.1. The summed E-state index contributed by atoms with van der Waals surface area (Å²) in [5.41, 5.74) is -0.543. The molecule has 0 aliphatic carbocycles. The molecule has 0 heterocycles. The number of ether oxygens (including phenoxy) is 1. The molecule has 0 atom stereocenters. The molecule has 0 saturated heterocycles. The Hall–Kier alpha value is -2.45. The lowest BCUT2D eigenvalue weighted by atomic mass is 10.1. The van der Waals surface area contributed by atoms with Crippen molar-refractivity contribution in [1.29, 1.82) is 0 Å². The van der Waals surface area contributed by atoms with E-state index in [1.54, 1.807) is 0 Å². The van der Waals surface area contributed by atoms with Gasteiger partial charge >= 0.3 is 6.61 Å². The molecule has 0 aromatic heterocycles. The highest BCUT2D eigenvalue weighted by Crippen LogP contribution is 2.30. The van der Waals surface area contributed by atoms with Gasteiger partial charge in [-0.1, -0.05) is 23.2 Å².